The van der Waals surface area contributed by atoms with Gasteiger partial charge in [0.15, 0.2) is 0 Å². The smallest absolute Gasteiger partial charge is 0.408 e. The first-order chi connectivity index (χ1) is 17.9. The number of carbonyl (C=O) groups excluding carboxylic acids is 1. The predicted octanol–water partition coefficient (Wildman–Crippen LogP) is 5.60. The molecule has 2 aromatic rings. The molecule has 0 heterocycles. The number of benzene rings is 2. The molecule has 1 amide bonds. The van der Waals surface area contributed by atoms with Gasteiger partial charge in [0.1, 0.15) is 5.78 Å². The summed E-state index contributed by atoms with van der Waals surface area (Å²) in [5.41, 5.74) is 0.370. The molecule has 6 nitrogen and oxygen atoms in total. The zero-order valence-corrected chi connectivity index (χ0v) is 23.5. The summed E-state index contributed by atoms with van der Waals surface area (Å²) in [7, 11) is 0. The van der Waals surface area contributed by atoms with E-state index in [0.717, 1.165) is 11.1 Å². The third kappa shape index (κ3) is 6.83. The Bertz CT molecular complexity index is 1050. The monoisotopic (exact) mass is 523 g/mol. The third-order valence-electron chi connectivity index (χ3n) is 8.35. The van der Waals surface area contributed by atoms with Gasteiger partial charge < -0.3 is 15.3 Å². The molecule has 1 aliphatic rings. The summed E-state index contributed by atoms with van der Waals surface area (Å²) in [4.78, 5) is 28.1. The molecule has 0 spiro atoms. The molecule has 1 saturated carbocycles. The number of nitrogens with zero attached hydrogens (tertiary/aromatic N) is 1. The van der Waals surface area contributed by atoms with E-state index in [1.165, 1.54) is 4.90 Å². The van der Waals surface area contributed by atoms with Gasteiger partial charge >= 0.3 is 6.09 Å². The normalized spacial score (nSPS) is 22.3. The zero-order chi connectivity index (χ0) is 28.1. The molecule has 1 unspecified atom stereocenters. The second kappa shape index (κ2) is 12.4. The number of aliphatic hydroxyl groups excluding tert-OH is 2. The number of hydrogen-bond acceptors (Lipinski definition) is 4. The second-order valence-corrected chi connectivity index (χ2v) is 12.4. The minimum Gasteiger partial charge on any atom is -0.465 e. The highest BCUT2D eigenvalue weighted by molar-refractivity contribution is 5.89. The Hall–Kier alpha value is -2.70. The molecule has 38 heavy (non-hydrogen) atoms. The van der Waals surface area contributed by atoms with Crippen molar-refractivity contribution in [3.8, 4) is 0 Å². The van der Waals surface area contributed by atoms with E-state index in [1.54, 1.807) is 0 Å². The quantitative estimate of drug-likeness (QED) is 0.356. The largest absolute Gasteiger partial charge is 0.465 e. The van der Waals surface area contributed by atoms with Crippen LogP contribution >= 0.6 is 0 Å². The van der Waals surface area contributed by atoms with E-state index in [-0.39, 0.29) is 36.6 Å². The first kappa shape index (κ1) is 29.9. The SMILES string of the molecule is CC(C)[C@@H](CO)C1CC[C@](Cc2ccccc2)(C[C@H](O)[C@H](Cc2ccccc2)N(C(=O)O)C(C)(C)C)C1=O. The molecule has 0 bridgehead atoms. The van der Waals surface area contributed by atoms with Crippen molar-refractivity contribution in [1.29, 1.82) is 0 Å². The van der Waals surface area contributed by atoms with Crippen LogP contribution in [0.25, 0.3) is 0 Å². The molecule has 0 radical (unpaired) electrons. The van der Waals surface area contributed by atoms with Crippen LogP contribution in [-0.4, -0.2) is 56.4 Å². The summed E-state index contributed by atoms with van der Waals surface area (Å²) in [6, 6.07) is 18.7. The Morgan fingerprint density at radius 3 is 2.05 bits per heavy atom. The molecular weight excluding hydrogens is 478 g/mol. The van der Waals surface area contributed by atoms with Gasteiger partial charge in [-0.15, -0.1) is 0 Å². The summed E-state index contributed by atoms with van der Waals surface area (Å²) in [6.07, 6.45) is 0.117. The van der Waals surface area contributed by atoms with E-state index in [4.69, 9.17) is 0 Å². The van der Waals surface area contributed by atoms with Crippen LogP contribution in [0.2, 0.25) is 0 Å². The maximum absolute atomic E-state index is 14.2. The topological polar surface area (TPSA) is 98.1 Å². The van der Waals surface area contributed by atoms with Crippen molar-refractivity contribution in [2.45, 2.75) is 84.4 Å². The van der Waals surface area contributed by atoms with E-state index < -0.39 is 29.2 Å². The summed E-state index contributed by atoms with van der Waals surface area (Å²) in [5.74, 6) is -0.172. The summed E-state index contributed by atoms with van der Waals surface area (Å²) in [5, 5.41) is 32.2. The number of hydrogen-bond donors (Lipinski definition) is 3. The van der Waals surface area contributed by atoms with Crippen molar-refractivity contribution < 1.29 is 24.9 Å². The van der Waals surface area contributed by atoms with Gasteiger partial charge in [-0.25, -0.2) is 4.79 Å². The molecule has 0 aliphatic heterocycles. The fraction of sp³-hybridized carbons (Fsp3) is 0.562. The lowest BCUT2D eigenvalue weighted by molar-refractivity contribution is -0.133. The standard InChI is InChI=1S/C32H45NO5/c1-22(2)26(21-34)25-16-17-32(29(25)36,19-24-14-10-7-11-15-24)20-28(35)27(18-23-12-8-6-9-13-23)33(30(37)38)31(3,4)5/h6-15,22,25-28,34-35H,16-21H2,1-5H3,(H,37,38)/t25?,26-,27+,28+,32+/m1/s1. The van der Waals surface area contributed by atoms with E-state index in [0.29, 0.717) is 25.7 Å². The molecule has 5 atom stereocenters. The Labute approximate surface area is 227 Å². The van der Waals surface area contributed by atoms with Gasteiger partial charge in [0.05, 0.1) is 12.1 Å². The van der Waals surface area contributed by atoms with Crippen molar-refractivity contribution >= 4 is 11.9 Å². The number of amides is 1. The number of carbonyl (C=O) groups is 2. The molecule has 208 valence electrons. The lowest BCUT2D eigenvalue weighted by Gasteiger charge is -2.43. The molecule has 3 N–H and O–H groups in total. The summed E-state index contributed by atoms with van der Waals surface area (Å²) in [6.45, 7) is 9.50. The molecule has 1 fully saturated rings. The van der Waals surface area contributed by atoms with E-state index >= 15 is 0 Å². The van der Waals surface area contributed by atoms with Crippen molar-refractivity contribution in [2.75, 3.05) is 6.61 Å². The average molecular weight is 524 g/mol. The van der Waals surface area contributed by atoms with Gasteiger partial charge in [0.25, 0.3) is 0 Å². The first-order valence-corrected chi connectivity index (χ1v) is 13.8. The van der Waals surface area contributed by atoms with E-state index in [9.17, 15) is 24.9 Å². The highest BCUT2D eigenvalue weighted by Crippen LogP contribution is 2.49. The number of aliphatic hydroxyl groups is 2. The van der Waals surface area contributed by atoms with Gasteiger partial charge in [-0.1, -0.05) is 74.5 Å². The van der Waals surface area contributed by atoms with Gasteiger partial charge in [0, 0.05) is 23.5 Å². The van der Waals surface area contributed by atoms with Crippen LogP contribution in [0.15, 0.2) is 60.7 Å². The minimum absolute atomic E-state index is 0.0501. The maximum Gasteiger partial charge on any atom is 0.408 e. The Balaban J connectivity index is 2.02. The third-order valence-corrected chi connectivity index (χ3v) is 8.35. The zero-order valence-electron chi connectivity index (χ0n) is 23.5. The van der Waals surface area contributed by atoms with E-state index in [2.05, 4.69) is 0 Å². The molecule has 2 aromatic carbocycles. The fourth-order valence-corrected chi connectivity index (χ4v) is 6.45. The van der Waals surface area contributed by atoms with Crippen molar-refractivity contribution in [2.24, 2.45) is 23.2 Å². The summed E-state index contributed by atoms with van der Waals surface area (Å²) < 4.78 is 0. The summed E-state index contributed by atoms with van der Waals surface area (Å²) >= 11 is 0. The van der Waals surface area contributed by atoms with Crippen molar-refractivity contribution in [3.05, 3.63) is 71.8 Å². The molecule has 0 aromatic heterocycles. The highest BCUT2D eigenvalue weighted by Gasteiger charge is 2.52. The van der Waals surface area contributed by atoms with Gasteiger partial charge in [-0.3, -0.25) is 9.69 Å². The molecular formula is C32H45NO5. The Morgan fingerprint density at radius 1 is 1.03 bits per heavy atom. The number of ketones is 1. The van der Waals surface area contributed by atoms with E-state index in [1.807, 2.05) is 95.3 Å². The van der Waals surface area contributed by atoms with Crippen LogP contribution in [0.3, 0.4) is 0 Å². The van der Waals surface area contributed by atoms with Crippen molar-refractivity contribution in [3.63, 3.8) is 0 Å². The Morgan fingerprint density at radius 2 is 1.58 bits per heavy atom. The van der Waals surface area contributed by atoms with Crippen LogP contribution in [0.5, 0.6) is 0 Å². The molecule has 0 saturated heterocycles. The van der Waals surface area contributed by atoms with Gasteiger partial charge in [0.2, 0.25) is 0 Å². The highest BCUT2D eigenvalue weighted by atomic mass is 16.4. The van der Waals surface area contributed by atoms with Gasteiger partial charge in [-0.05, 0) is 75.8 Å². The minimum atomic E-state index is -1.09. The lowest BCUT2D eigenvalue weighted by Crippen LogP contribution is -2.57. The van der Waals surface area contributed by atoms with Crippen LogP contribution in [0, 0.1) is 23.2 Å². The second-order valence-electron chi connectivity index (χ2n) is 12.4. The average Bonchev–Trinajstić information content (AvgIpc) is 3.14. The van der Waals surface area contributed by atoms with Gasteiger partial charge in [-0.2, -0.15) is 0 Å². The Kier molecular flexibility index (Phi) is 9.77. The maximum atomic E-state index is 14.2. The van der Waals surface area contributed by atoms with Crippen LogP contribution in [0.4, 0.5) is 4.79 Å². The number of carboxylic acid groups (broad SMARTS) is 1. The van der Waals surface area contributed by atoms with Crippen LogP contribution in [-0.2, 0) is 17.6 Å². The predicted molar refractivity (Wildman–Crippen MR) is 150 cm³/mol. The van der Waals surface area contributed by atoms with Crippen molar-refractivity contribution in [1.82, 2.24) is 4.90 Å². The molecule has 1 aliphatic carbocycles. The first-order valence-electron chi connectivity index (χ1n) is 13.8. The molecule has 3 rings (SSSR count). The lowest BCUT2D eigenvalue weighted by atomic mass is 9.71. The van der Waals surface area contributed by atoms with Crippen LogP contribution < -0.4 is 0 Å². The molecule has 6 heteroatoms. The number of rotatable bonds is 11. The van der Waals surface area contributed by atoms with Crippen LogP contribution in [0.1, 0.15) is 65.0 Å². The fourth-order valence-electron chi connectivity index (χ4n) is 6.45. The number of Topliss-reactive ketones (excluding diaryl/α,β-unsaturated/α-hetero) is 1.